The third kappa shape index (κ3) is 4.74. The van der Waals surface area contributed by atoms with Gasteiger partial charge in [-0.25, -0.2) is 4.39 Å². The van der Waals surface area contributed by atoms with E-state index in [2.05, 4.69) is 27.8 Å². The van der Waals surface area contributed by atoms with Crippen LogP contribution in [0.4, 0.5) is 4.39 Å². The summed E-state index contributed by atoms with van der Waals surface area (Å²) in [5.74, 6) is -0.204. The Kier molecular flexibility index (Phi) is 6.61. The highest BCUT2D eigenvalue weighted by Gasteiger charge is 2.24. The minimum atomic E-state index is -0.204. The van der Waals surface area contributed by atoms with Crippen molar-refractivity contribution in [1.82, 2.24) is 4.90 Å². The molecule has 0 amide bonds. The molecule has 21 heavy (non-hydrogen) atoms. The lowest BCUT2D eigenvalue weighted by Gasteiger charge is -2.36. The van der Waals surface area contributed by atoms with Crippen molar-refractivity contribution in [2.45, 2.75) is 38.3 Å². The summed E-state index contributed by atoms with van der Waals surface area (Å²) in [6, 6.07) is 5.21. The van der Waals surface area contributed by atoms with Gasteiger partial charge in [0.15, 0.2) is 0 Å². The quantitative estimate of drug-likeness (QED) is 0.791. The van der Waals surface area contributed by atoms with Gasteiger partial charge in [0.2, 0.25) is 0 Å². The molecule has 1 aromatic rings. The van der Waals surface area contributed by atoms with Gasteiger partial charge in [-0.3, -0.25) is 4.90 Å². The number of nitrogens with zero attached hydrogens (tertiary/aromatic N) is 1. The zero-order chi connectivity index (χ0) is 15.2. The van der Waals surface area contributed by atoms with Crippen LogP contribution in [-0.4, -0.2) is 37.2 Å². The van der Waals surface area contributed by atoms with E-state index in [4.69, 9.17) is 10.5 Å². The molecular weight excluding hydrogens is 335 g/mol. The average molecular weight is 359 g/mol. The van der Waals surface area contributed by atoms with Gasteiger partial charge in [0.05, 0.1) is 6.10 Å². The van der Waals surface area contributed by atoms with E-state index in [9.17, 15) is 4.39 Å². The normalized spacial score (nSPS) is 18.9. The molecule has 0 aromatic heterocycles. The lowest BCUT2D eigenvalue weighted by atomic mass is 10.0. The molecule has 1 fully saturated rings. The van der Waals surface area contributed by atoms with Crippen LogP contribution >= 0.6 is 15.9 Å². The van der Waals surface area contributed by atoms with Crippen molar-refractivity contribution in [2.75, 3.05) is 26.2 Å². The fourth-order valence-corrected chi connectivity index (χ4v) is 3.48. The summed E-state index contributed by atoms with van der Waals surface area (Å²) in [6.07, 6.45) is 3.39. The van der Waals surface area contributed by atoms with Crippen molar-refractivity contribution >= 4 is 15.9 Å². The summed E-state index contributed by atoms with van der Waals surface area (Å²) >= 11 is 3.47. The lowest BCUT2D eigenvalue weighted by molar-refractivity contribution is -0.000811. The number of hydrogen-bond donors (Lipinski definition) is 1. The van der Waals surface area contributed by atoms with E-state index in [0.717, 1.165) is 49.0 Å². The van der Waals surface area contributed by atoms with Crippen molar-refractivity contribution in [1.29, 1.82) is 0 Å². The van der Waals surface area contributed by atoms with Crippen LogP contribution in [0.2, 0.25) is 0 Å². The number of likely N-dealkylation sites (tertiary alicyclic amines) is 1. The molecule has 1 aromatic carbocycles. The number of ether oxygens (including phenoxy) is 1. The molecule has 118 valence electrons. The second kappa shape index (κ2) is 8.22. The first-order chi connectivity index (χ1) is 10.1. The van der Waals surface area contributed by atoms with Crippen LogP contribution in [0.3, 0.4) is 0 Å². The van der Waals surface area contributed by atoms with Crippen LogP contribution in [-0.2, 0) is 4.74 Å². The molecule has 1 aliphatic rings. The van der Waals surface area contributed by atoms with Crippen molar-refractivity contribution in [3.8, 4) is 0 Å². The first kappa shape index (κ1) is 16.9. The number of benzene rings is 1. The van der Waals surface area contributed by atoms with Gasteiger partial charge in [0, 0.05) is 30.2 Å². The van der Waals surface area contributed by atoms with E-state index in [-0.39, 0.29) is 11.9 Å². The summed E-state index contributed by atoms with van der Waals surface area (Å²) in [7, 11) is 0. The Bertz CT molecular complexity index is 450. The number of piperidine rings is 1. The lowest BCUT2D eigenvalue weighted by Crippen LogP contribution is -2.38. The van der Waals surface area contributed by atoms with Gasteiger partial charge in [0.1, 0.15) is 5.82 Å². The molecule has 0 spiro atoms. The fraction of sp³-hybridized carbons (Fsp3) is 0.625. The van der Waals surface area contributed by atoms with Crippen LogP contribution in [0.25, 0.3) is 0 Å². The van der Waals surface area contributed by atoms with E-state index >= 15 is 0 Å². The monoisotopic (exact) mass is 358 g/mol. The Morgan fingerprint density at radius 3 is 2.76 bits per heavy atom. The summed E-state index contributed by atoms with van der Waals surface area (Å²) in [5.41, 5.74) is 6.61. The van der Waals surface area contributed by atoms with Crippen molar-refractivity contribution < 1.29 is 9.13 Å². The zero-order valence-electron chi connectivity index (χ0n) is 12.5. The molecule has 1 aliphatic heterocycles. The van der Waals surface area contributed by atoms with Crippen LogP contribution in [0, 0.1) is 5.82 Å². The number of halogens is 2. The van der Waals surface area contributed by atoms with E-state index in [0.29, 0.717) is 12.6 Å². The largest absolute Gasteiger partial charge is 0.378 e. The third-order valence-corrected chi connectivity index (χ3v) is 4.83. The SMILES string of the molecule is CC(c1ccc(F)cc1Br)N1CCC(OCCCN)CC1. The first-order valence-electron chi connectivity index (χ1n) is 7.62. The minimum absolute atomic E-state index is 0.204. The molecular formula is C16H24BrFN2O. The van der Waals surface area contributed by atoms with Gasteiger partial charge in [-0.15, -0.1) is 0 Å². The van der Waals surface area contributed by atoms with Gasteiger partial charge in [-0.1, -0.05) is 22.0 Å². The van der Waals surface area contributed by atoms with Gasteiger partial charge >= 0.3 is 0 Å². The maximum atomic E-state index is 13.2. The Morgan fingerprint density at radius 2 is 2.14 bits per heavy atom. The first-order valence-corrected chi connectivity index (χ1v) is 8.41. The highest BCUT2D eigenvalue weighted by atomic mass is 79.9. The Hall–Kier alpha value is -0.490. The molecule has 2 N–H and O–H groups in total. The summed E-state index contributed by atoms with van der Waals surface area (Å²) < 4.78 is 19.9. The molecule has 1 atom stereocenters. The smallest absolute Gasteiger partial charge is 0.124 e. The van der Waals surface area contributed by atoms with Crippen LogP contribution < -0.4 is 5.73 Å². The Balaban J connectivity index is 1.86. The highest BCUT2D eigenvalue weighted by Crippen LogP contribution is 2.30. The molecule has 3 nitrogen and oxygen atoms in total. The second-order valence-corrected chi connectivity index (χ2v) is 6.44. The maximum absolute atomic E-state index is 13.2. The van der Waals surface area contributed by atoms with Gasteiger partial charge in [0.25, 0.3) is 0 Å². The van der Waals surface area contributed by atoms with Crippen LogP contribution in [0.1, 0.15) is 37.8 Å². The van der Waals surface area contributed by atoms with Crippen molar-refractivity contribution in [3.05, 3.63) is 34.1 Å². The third-order valence-electron chi connectivity index (χ3n) is 4.14. The molecule has 1 unspecified atom stereocenters. The molecule has 0 bridgehead atoms. The second-order valence-electron chi connectivity index (χ2n) is 5.59. The van der Waals surface area contributed by atoms with E-state index in [1.165, 1.54) is 12.1 Å². The number of rotatable bonds is 6. The van der Waals surface area contributed by atoms with Gasteiger partial charge < -0.3 is 10.5 Å². The molecule has 0 aliphatic carbocycles. The van der Waals surface area contributed by atoms with Gasteiger partial charge in [-0.05, 0) is 50.4 Å². The molecule has 1 heterocycles. The number of nitrogens with two attached hydrogens (primary N) is 1. The predicted octanol–water partition coefficient (Wildman–Crippen LogP) is 3.48. The molecule has 0 saturated carbocycles. The summed E-state index contributed by atoms with van der Waals surface area (Å²) in [6.45, 7) is 5.65. The van der Waals surface area contributed by atoms with Crippen LogP contribution in [0.5, 0.6) is 0 Å². The van der Waals surface area contributed by atoms with Crippen molar-refractivity contribution in [2.24, 2.45) is 5.73 Å². The van der Waals surface area contributed by atoms with Crippen molar-refractivity contribution in [3.63, 3.8) is 0 Å². The zero-order valence-corrected chi connectivity index (χ0v) is 14.1. The molecule has 2 rings (SSSR count). The maximum Gasteiger partial charge on any atom is 0.124 e. The average Bonchev–Trinajstić information content (AvgIpc) is 2.48. The summed E-state index contributed by atoms with van der Waals surface area (Å²) in [4.78, 5) is 2.43. The van der Waals surface area contributed by atoms with Gasteiger partial charge in [-0.2, -0.15) is 0 Å². The topological polar surface area (TPSA) is 38.5 Å². The number of hydrogen-bond acceptors (Lipinski definition) is 3. The van der Waals surface area contributed by atoms with Crippen LogP contribution in [0.15, 0.2) is 22.7 Å². The van der Waals surface area contributed by atoms with E-state index in [1.54, 1.807) is 0 Å². The van der Waals surface area contributed by atoms with E-state index < -0.39 is 0 Å². The minimum Gasteiger partial charge on any atom is -0.378 e. The Labute approximate surface area is 134 Å². The predicted molar refractivity (Wildman–Crippen MR) is 86.7 cm³/mol. The molecule has 0 radical (unpaired) electrons. The Morgan fingerprint density at radius 1 is 1.43 bits per heavy atom. The fourth-order valence-electron chi connectivity index (χ4n) is 2.80. The highest BCUT2D eigenvalue weighted by molar-refractivity contribution is 9.10. The van der Waals surface area contributed by atoms with E-state index in [1.807, 2.05) is 6.07 Å². The molecule has 5 heteroatoms. The summed E-state index contributed by atoms with van der Waals surface area (Å²) in [5, 5.41) is 0. The molecule has 1 saturated heterocycles. The standard InChI is InChI=1S/C16H24BrFN2O/c1-12(15-4-3-13(18)11-16(15)17)20-8-5-14(6-9-20)21-10-2-7-19/h3-4,11-12,14H,2,5-10,19H2,1H3.